The number of carbonyl (C=O) groups excluding carboxylic acids is 1. The van der Waals surface area contributed by atoms with Crippen LogP contribution in [0.4, 0.5) is 0 Å². The molecule has 29 heavy (non-hydrogen) atoms. The topological polar surface area (TPSA) is 56.7 Å². The predicted molar refractivity (Wildman–Crippen MR) is 133 cm³/mol. The summed E-state index contributed by atoms with van der Waals surface area (Å²) in [5.74, 6) is 1.15. The van der Waals surface area contributed by atoms with Gasteiger partial charge in [0, 0.05) is 32.1 Å². The standard InChI is InChI=1S/C23H38N4O.HI/c1-4-6-7-8-11-19(3)26-23(24-5-2)25-17-20-12-9-13-21(16-20)18-27-15-10-14-22(27)28;/h9,12-13,16,19H,4-8,10-11,14-15,17-18H2,1-3H3,(H2,24,25,26);1H. The van der Waals surface area contributed by atoms with Gasteiger partial charge in [-0.3, -0.25) is 4.79 Å². The highest BCUT2D eigenvalue weighted by atomic mass is 127. The lowest BCUT2D eigenvalue weighted by Gasteiger charge is -2.18. The molecule has 1 aromatic carbocycles. The Morgan fingerprint density at radius 1 is 1.21 bits per heavy atom. The smallest absolute Gasteiger partial charge is 0.222 e. The van der Waals surface area contributed by atoms with E-state index in [9.17, 15) is 4.79 Å². The number of amides is 1. The molecular weight excluding hydrogens is 475 g/mol. The van der Waals surface area contributed by atoms with Gasteiger partial charge in [0.15, 0.2) is 5.96 Å². The maximum absolute atomic E-state index is 11.9. The summed E-state index contributed by atoms with van der Waals surface area (Å²) in [4.78, 5) is 18.6. The summed E-state index contributed by atoms with van der Waals surface area (Å²) >= 11 is 0. The quantitative estimate of drug-likeness (QED) is 0.192. The third kappa shape index (κ3) is 9.83. The van der Waals surface area contributed by atoms with Crippen molar-refractivity contribution in [3.63, 3.8) is 0 Å². The van der Waals surface area contributed by atoms with Crippen molar-refractivity contribution in [2.24, 2.45) is 4.99 Å². The second kappa shape index (κ2) is 14.6. The average Bonchev–Trinajstić information content (AvgIpc) is 3.08. The molecule has 1 fully saturated rings. The number of unbranched alkanes of at least 4 members (excludes halogenated alkanes) is 3. The molecule has 6 heteroatoms. The van der Waals surface area contributed by atoms with E-state index in [1.54, 1.807) is 0 Å². The highest BCUT2D eigenvalue weighted by Crippen LogP contribution is 2.15. The molecular formula is C23H39IN4O. The number of hydrogen-bond acceptors (Lipinski definition) is 2. The number of aliphatic imine (C=N–C) groups is 1. The van der Waals surface area contributed by atoms with E-state index in [1.165, 1.54) is 43.2 Å². The minimum absolute atomic E-state index is 0. The summed E-state index contributed by atoms with van der Waals surface area (Å²) in [6, 6.07) is 8.86. The highest BCUT2D eigenvalue weighted by molar-refractivity contribution is 14.0. The first-order valence-electron chi connectivity index (χ1n) is 11.0. The van der Waals surface area contributed by atoms with Crippen molar-refractivity contribution in [1.82, 2.24) is 15.5 Å². The van der Waals surface area contributed by atoms with Crippen molar-refractivity contribution in [1.29, 1.82) is 0 Å². The average molecular weight is 514 g/mol. The first-order chi connectivity index (χ1) is 13.6. The fourth-order valence-electron chi connectivity index (χ4n) is 3.59. The van der Waals surface area contributed by atoms with Crippen LogP contribution in [0.5, 0.6) is 0 Å². The van der Waals surface area contributed by atoms with Crippen LogP contribution in [-0.2, 0) is 17.9 Å². The van der Waals surface area contributed by atoms with Gasteiger partial charge in [-0.05, 0) is 37.8 Å². The lowest BCUT2D eigenvalue weighted by Crippen LogP contribution is -2.42. The molecule has 0 saturated carbocycles. The van der Waals surface area contributed by atoms with Crippen LogP contribution in [0.3, 0.4) is 0 Å². The molecule has 5 nitrogen and oxygen atoms in total. The number of guanidine groups is 1. The molecule has 1 aromatic rings. The Hall–Kier alpha value is -1.31. The summed E-state index contributed by atoms with van der Waals surface area (Å²) in [5, 5.41) is 6.88. The predicted octanol–water partition coefficient (Wildman–Crippen LogP) is 4.84. The van der Waals surface area contributed by atoms with Gasteiger partial charge in [0.25, 0.3) is 0 Å². The molecule has 1 aliphatic rings. The van der Waals surface area contributed by atoms with Crippen LogP contribution < -0.4 is 10.6 Å². The number of hydrogen-bond donors (Lipinski definition) is 2. The second-order valence-electron chi connectivity index (χ2n) is 7.83. The lowest BCUT2D eigenvalue weighted by atomic mass is 10.1. The van der Waals surface area contributed by atoms with Crippen molar-refractivity contribution < 1.29 is 4.79 Å². The van der Waals surface area contributed by atoms with Crippen LogP contribution in [0, 0.1) is 0 Å². The van der Waals surface area contributed by atoms with Crippen molar-refractivity contribution in [2.45, 2.75) is 84.8 Å². The SMILES string of the molecule is CCCCCCC(C)NC(=NCc1cccc(CN2CCCC2=O)c1)NCC.I. The molecule has 1 unspecified atom stereocenters. The molecule has 164 valence electrons. The molecule has 1 heterocycles. The zero-order valence-electron chi connectivity index (χ0n) is 18.4. The summed E-state index contributed by atoms with van der Waals surface area (Å²) in [7, 11) is 0. The molecule has 1 saturated heterocycles. The number of halogens is 1. The molecule has 0 bridgehead atoms. The fourth-order valence-corrected chi connectivity index (χ4v) is 3.59. The third-order valence-electron chi connectivity index (χ3n) is 5.17. The molecule has 0 aliphatic carbocycles. The second-order valence-corrected chi connectivity index (χ2v) is 7.83. The zero-order chi connectivity index (χ0) is 20.2. The van der Waals surface area contributed by atoms with E-state index in [1.807, 2.05) is 4.90 Å². The fraction of sp³-hybridized carbons (Fsp3) is 0.652. The van der Waals surface area contributed by atoms with Gasteiger partial charge in [0.2, 0.25) is 5.91 Å². The van der Waals surface area contributed by atoms with E-state index in [4.69, 9.17) is 4.99 Å². The van der Waals surface area contributed by atoms with Crippen LogP contribution >= 0.6 is 24.0 Å². The summed E-state index contributed by atoms with van der Waals surface area (Å²) in [6.07, 6.45) is 8.01. The van der Waals surface area contributed by atoms with Gasteiger partial charge in [0.1, 0.15) is 0 Å². The molecule has 1 atom stereocenters. The number of nitrogens with zero attached hydrogens (tertiary/aromatic N) is 2. The van der Waals surface area contributed by atoms with Gasteiger partial charge in [0.05, 0.1) is 6.54 Å². The van der Waals surface area contributed by atoms with E-state index in [2.05, 4.69) is 55.7 Å². The van der Waals surface area contributed by atoms with E-state index in [-0.39, 0.29) is 29.9 Å². The Balaban J connectivity index is 0.00000420. The maximum atomic E-state index is 11.9. The van der Waals surface area contributed by atoms with E-state index < -0.39 is 0 Å². The van der Waals surface area contributed by atoms with Crippen LogP contribution in [0.15, 0.2) is 29.3 Å². The first kappa shape index (κ1) is 25.7. The van der Waals surface area contributed by atoms with Gasteiger partial charge in [-0.1, -0.05) is 56.9 Å². The van der Waals surface area contributed by atoms with E-state index in [0.717, 1.165) is 25.5 Å². The van der Waals surface area contributed by atoms with Crippen molar-refractivity contribution >= 4 is 35.8 Å². The number of nitrogens with one attached hydrogen (secondary N) is 2. The van der Waals surface area contributed by atoms with E-state index in [0.29, 0.717) is 25.6 Å². The molecule has 0 radical (unpaired) electrons. The molecule has 1 aliphatic heterocycles. The van der Waals surface area contributed by atoms with Crippen LogP contribution in [0.2, 0.25) is 0 Å². The summed E-state index contributed by atoms with van der Waals surface area (Å²) < 4.78 is 0. The minimum atomic E-state index is 0. The van der Waals surface area contributed by atoms with E-state index >= 15 is 0 Å². The van der Waals surface area contributed by atoms with Crippen LogP contribution in [-0.4, -0.2) is 35.9 Å². The largest absolute Gasteiger partial charge is 0.357 e. The minimum Gasteiger partial charge on any atom is -0.357 e. The summed E-state index contributed by atoms with van der Waals surface area (Å²) in [6.45, 7) is 9.65. The van der Waals surface area contributed by atoms with Gasteiger partial charge in [-0.15, -0.1) is 24.0 Å². The Bertz CT molecular complexity index is 635. The zero-order valence-corrected chi connectivity index (χ0v) is 20.7. The monoisotopic (exact) mass is 514 g/mol. The van der Waals surface area contributed by atoms with Crippen molar-refractivity contribution in [3.8, 4) is 0 Å². The molecule has 0 spiro atoms. The number of carbonyl (C=O) groups is 1. The highest BCUT2D eigenvalue weighted by Gasteiger charge is 2.19. The molecule has 2 N–H and O–H groups in total. The normalized spacial score (nSPS) is 15.2. The third-order valence-corrected chi connectivity index (χ3v) is 5.17. The number of likely N-dealkylation sites (tertiary alicyclic amines) is 1. The number of rotatable bonds is 11. The van der Waals surface area contributed by atoms with Crippen molar-refractivity contribution in [3.05, 3.63) is 35.4 Å². The Kier molecular flexibility index (Phi) is 13.0. The number of benzene rings is 1. The Morgan fingerprint density at radius 3 is 2.69 bits per heavy atom. The van der Waals surface area contributed by atoms with Crippen LogP contribution in [0.25, 0.3) is 0 Å². The Morgan fingerprint density at radius 2 is 2.00 bits per heavy atom. The Labute approximate surface area is 194 Å². The van der Waals surface area contributed by atoms with Crippen LogP contribution in [0.1, 0.15) is 76.8 Å². The summed E-state index contributed by atoms with van der Waals surface area (Å²) in [5.41, 5.74) is 2.36. The van der Waals surface area contributed by atoms with Gasteiger partial charge < -0.3 is 15.5 Å². The molecule has 0 aromatic heterocycles. The maximum Gasteiger partial charge on any atom is 0.222 e. The van der Waals surface area contributed by atoms with Crippen molar-refractivity contribution in [2.75, 3.05) is 13.1 Å². The van der Waals surface area contributed by atoms with Gasteiger partial charge in [-0.25, -0.2) is 4.99 Å². The molecule has 1 amide bonds. The first-order valence-corrected chi connectivity index (χ1v) is 11.0. The lowest BCUT2D eigenvalue weighted by molar-refractivity contribution is -0.128. The van der Waals surface area contributed by atoms with Gasteiger partial charge in [-0.2, -0.15) is 0 Å². The van der Waals surface area contributed by atoms with Gasteiger partial charge >= 0.3 is 0 Å². The molecule has 2 rings (SSSR count).